The number of carboxylic acid groups (broad SMARTS) is 1. The number of para-hydroxylation sites is 1. The number of carboxylic acids is 1. The Morgan fingerprint density at radius 3 is 2.71 bits per heavy atom. The first-order chi connectivity index (χ1) is 14.9. The van der Waals surface area contributed by atoms with Gasteiger partial charge in [0, 0.05) is 17.6 Å². The van der Waals surface area contributed by atoms with Gasteiger partial charge in [-0.05, 0) is 39.7 Å². The molecule has 0 aromatic heterocycles. The van der Waals surface area contributed by atoms with E-state index in [1.807, 2.05) is 30.3 Å². The summed E-state index contributed by atoms with van der Waals surface area (Å²) in [5, 5.41) is 14.8. The van der Waals surface area contributed by atoms with E-state index in [2.05, 4.69) is 26.6 Å². The van der Waals surface area contributed by atoms with Gasteiger partial charge in [-0.25, -0.2) is 4.79 Å². The molecule has 1 unspecified atom stereocenters. The molecule has 0 aliphatic carbocycles. The first-order valence-electron chi connectivity index (χ1n) is 9.64. The number of carbonyl (C=O) groups is 3. The number of benzene rings is 2. The van der Waals surface area contributed by atoms with Gasteiger partial charge < -0.3 is 25.4 Å². The average Bonchev–Trinajstić information content (AvgIpc) is 2.76. The zero-order valence-electron chi connectivity index (χ0n) is 16.6. The van der Waals surface area contributed by atoms with Crippen molar-refractivity contribution in [1.82, 2.24) is 10.6 Å². The second kappa shape index (κ2) is 8.43. The van der Waals surface area contributed by atoms with Gasteiger partial charge in [-0.3, -0.25) is 9.59 Å². The Hall–Kier alpha value is -3.33. The van der Waals surface area contributed by atoms with Crippen LogP contribution in [0.25, 0.3) is 5.70 Å². The van der Waals surface area contributed by atoms with Gasteiger partial charge in [0.2, 0.25) is 5.91 Å². The predicted octanol–water partition coefficient (Wildman–Crippen LogP) is 3.43. The van der Waals surface area contributed by atoms with Crippen molar-refractivity contribution >= 4 is 45.2 Å². The fourth-order valence-electron chi connectivity index (χ4n) is 3.90. The highest BCUT2D eigenvalue weighted by Gasteiger charge is 2.36. The van der Waals surface area contributed by atoms with Gasteiger partial charge >= 0.3 is 12.0 Å². The van der Waals surface area contributed by atoms with Gasteiger partial charge in [-0.15, -0.1) is 0 Å². The highest BCUT2D eigenvalue weighted by molar-refractivity contribution is 9.10. The number of aliphatic carboxylic acids is 1. The maximum Gasteiger partial charge on any atom is 0.320 e. The number of amides is 3. The van der Waals surface area contributed by atoms with Crippen LogP contribution in [0.15, 0.2) is 52.5 Å². The summed E-state index contributed by atoms with van der Waals surface area (Å²) in [7, 11) is 1.57. The van der Waals surface area contributed by atoms with Crippen molar-refractivity contribution in [2.45, 2.75) is 18.9 Å². The van der Waals surface area contributed by atoms with Crippen LogP contribution >= 0.6 is 15.9 Å². The van der Waals surface area contributed by atoms with E-state index in [0.717, 1.165) is 21.2 Å². The van der Waals surface area contributed by atoms with Crippen LogP contribution in [0.4, 0.5) is 10.5 Å². The van der Waals surface area contributed by atoms with E-state index in [-0.39, 0.29) is 31.3 Å². The summed E-state index contributed by atoms with van der Waals surface area (Å²) in [6, 6.07) is 12.0. The van der Waals surface area contributed by atoms with E-state index in [9.17, 15) is 14.4 Å². The minimum absolute atomic E-state index is 0.106. The van der Waals surface area contributed by atoms with Crippen LogP contribution in [0.5, 0.6) is 5.75 Å². The molecular weight excluding hydrogens is 466 g/mol. The molecule has 0 radical (unpaired) electrons. The number of methoxy groups -OCH3 is 1. The van der Waals surface area contributed by atoms with Gasteiger partial charge in [-0.2, -0.15) is 0 Å². The summed E-state index contributed by atoms with van der Waals surface area (Å²) in [5.41, 5.74) is 3.68. The van der Waals surface area contributed by atoms with Crippen LogP contribution in [-0.4, -0.2) is 36.7 Å². The van der Waals surface area contributed by atoms with Crippen molar-refractivity contribution in [3.05, 3.63) is 63.6 Å². The molecule has 2 aliphatic rings. The molecule has 0 spiro atoms. The third-order valence-corrected chi connectivity index (χ3v) is 5.96. The topological polar surface area (TPSA) is 108 Å². The van der Waals surface area contributed by atoms with Crippen molar-refractivity contribution in [3.8, 4) is 5.75 Å². The molecule has 4 rings (SSSR count). The van der Waals surface area contributed by atoms with Gasteiger partial charge in [-0.1, -0.05) is 24.3 Å². The fourth-order valence-corrected chi connectivity index (χ4v) is 4.46. The smallest absolute Gasteiger partial charge is 0.320 e. The summed E-state index contributed by atoms with van der Waals surface area (Å²) in [4.78, 5) is 37.9. The normalized spacial score (nSPS) is 17.3. The number of ether oxygens (including phenoxy) is 1. The van der Waals surface area contributed by atoms with Crippen LogP contribution in [0.2, 0.25) is 0 Å². The van der Waals surface area contributed by atoms with E-state index in [4.69, 9.17) is 9.84 Å². The number of carbonyl (C=O) groups excluding carboxylic acids is 2. The lowest BCUT2D eigenvalue weighted by Crippen LogP contribution is -2.49. The maximum atomic E-state index is 12.9. The van der Waals surface area contributed by atoms with Crippen LogP contribution in [0, 0.1) is 0 Å². The lowest BCUT2D eigenvalue weighted by molar-refractivity contribution is -0.138. The summed E-state index contributed by atoms with van der Waals surface area (Å²) in [5.74, 6) is -0.642. The molecule has 9 heteroatoms. The summed E-state index contributed by atoms with van der Waals surface area (Å²) in [6.07, 6.45) is -0.349. The van der Waals surface area contributed by atoms with Crippen molar-refractivity contribution in [2.24, 2.45) is 0 Å². The first-order valence-corrected chi connectivity index (χ1v) is 10.4. The number of anilines is 1. The molecule has 8 nitrogen and oxygen atoms in total. The lowest BCUT2D eigenvalue weighted by atomic mass is 9.88. The van der Waals surface area contributed by atoms with E-state index in [1.54, 1.807) is 24.1 Å². The summed E-state index contributed by atoms with van der Waals surface area (Å²) >= 11 is 3.48. The van der Waals surface area contributed by atoms with Crippen molar-refractivity contribution in [2.75, 3.05) is 18.6 Å². The molecule has 31 heavy (non-hydrogen) atoms. The monoisotopic (exact) mass is 485 g/mol. The molecule has 2 aromatic carbocycles. The molecule has 0 saturated heterocycles. The Bertz CT molecular complexity index is 1110. The third kappa shape index (κ3) is 4.00. The number of halogens is 1. The maximum absolute atomic E-state index is 12.9. The van der Waals surface area contributed by atoms with Crippen LogP contribution in [-0.2, 0) is 9.59 Å². The summed E-state index contributed by atoms with van der Waals surface area (Å²) < 4.78 is 6.04. The number of hydrogen-bond donors (Lipinski definition) is 3. The SMILES string of the molecule is COc1ccc(C2NC(=O)NC3=C2CN(C(=O)CCC(=O)O)c2ccccc23)cc1Br. The Balaban J connectivity index is 1.78. The highest BCUT2D eigenvalue weighted by Crippen LogP contribution is 2.41. The Morgan fingerprint density at radius 1 is 1.23 bits per heavy atom. The zero-order chi connectivity index (χ0) is 22.1. The fraction of sp³-hybridized carbons (Fsp3) is 0.227. The predicted molar refractivity (Wildman–Crippen MR) is 118 cm³/mol. The van der Waals surface area contributed by atoms with E-state index in [0.29, 0.717) is 17.1 Å². The molecule has 0 saturated carbocycles. The van der Waals surface area contributed by atoms with Crippen LogP contribution in [0.1, 0.15) is 30.0 Å². The molecule has 0 bridgehead atoms. The number of nitrogens with zero attached hydrogens (tertiary/aromatic N) is 1. The van der Waals surface area contributed by atoms with Gasteiger partial charge in [0.1, 0.15) is 5.75 Å². The van der Waals surface area contributed by atoms with Gasteiger partial charge in [0.15, 0.2) is 0 Å². The second-order valence-electron chi connectivity index (χ2n) is 7.22. The standard InChI is InChI=1S/C22H20BrN3O5/c1-31-17-7-6-12(10-15(17)23)20-14-11-26(18(27)8-9-19(28)29)16-5-3-2-4-13(16)21(14)25-22(30)24-20/h2-7,10,20H,8-9,11H2,1H3,(H,28,29)(H2,24,25,30). The van der Waals surface area contributed by atoms with Crippen LogP contribution < -0.4 is 20.3 Å². The molecule has 3 amide bonds. The van der Waals surface area contributed by atoms with Gasteiger partial charge in [0.25, 0.3) is 0 Å². The minimum atomic E-state index is -1.02. The molecular formula is C22H20BrN3O5. The minimum Gasteiger partial charge on any atom is -0.496 e. The molecule has 2 aromatic rings. The largest absolute Gasteiger partial charge is 0.496 e. The average molecular weight is 486 g/mol. The number of urea groups is 1. The highest BCUT2D eigenvalue weighted by atomic mass is 79.9. The van der Waals surface area contributed by atoms with Crippen molar-refractivity contribution in [3.63, 3.8) is 0 Å². The Kier molecular flexibility index (Phi) is 5.69. The second-order valence-corrected chi connectivity index (χ2v) is 8.07. The Labute approximate surface area is 187 Å². The van der Waals surface area contributed by atoms with E-state index >= 15 is 0 Å². The molecule has 0 fully saturated rings. The quantitative estimate of drug-likeness (QED) is 0.601. The van der Waals surface area contributed by atoms with Crippen molar-refractivity contribution in [1.29, 1.82) is 0 Å². The molecule has 1 atom stereocenters. The Morgan fingerprint density at radius 2 is 2.00 bits per heavy atom. The summed E-state index contributed by atoms with van der Waals surface area (Å²) in [6.45, 7) is 0.229. The lowest BCUT2D eigenvalue weighted by Gasteiger charge is -2.39. The molecule has 2 aliphatic heterocycles. The molecule has 3 N–H and O–H groups in total. The molecule has 160 valence electrons. The number of rotatable bonds is 5. The van der Waals surface area contributed by atoms with E-state index < -0.39 is 12.0 Å². The number of fused-ring (bicyclic) bond motifs is 2. The third-order valence-electron chi connectivity index (χ3n) is 5.34. The van der Waals surface area contributed by atoms with Crippen molar-refractivity contribution < 1.29 is 24.2 Å². The molecule has 2 heterocycles. The number of nitrogens with one attached hydrogen (secondary N) is 2. The zero-order valence-corrected chi connectivity index (χ0v) is 18.2. The van der Waals surface area contributed by atoms with E-state index in [1.165, 1.54) is 0 Å². The first kappa shape index (κ1) is 20.9. The van der Waals surface area contributed by atoms with Crippen LogP contribution in [0.3, 0.4) is 0 Å². The number of hydrogen-bond acceptors (Lipinski definition) is 4. The van der Waals surface area contributed by atoms with Gasteiger partial charge in [0.05, 0.1) is 42.0 Å².